The monoisotopic (exact) mass is 219 g/mol. The number of aliphatic hydroxyl groups is 1. The van der Waals surface area contributed by atoms with Crippen molar-refractivity contribution in [1.29, 1.82) is 0 Å². The molecular formula is C11H29N3O. The standard InChI is InChI=1S/C7H17N3O.2C2H6/c1-4-10(9)5-6(8)7(2,3)11;2*1-2/h5,11H,4,8-9H2,1-3H3;2*1-2H3/b6-5-;;. The molecule has 0 aliphatic rings. The van der Waals surface area contributed by atoms with Crippen molar-refractivity contribution in [3.8, 4) is 0 Å². The minimum atomic E-state index is -0.993. The van der Waals surface area contributed by atoms with Crippen molar-refractivity contribution < 1.29 is 5.11 Å². The Morgan fingerprint density at radius 1 is 1.27 bits per heavy atom. The molecule has 4 nitrogen and oxygen atoms in total. The van der Waals surface area contributed by atoms with E-state index in [1.54, 1.807) is 13.8 Å². The molecule has 0 bridgehead atoms. The van der Waals surface area contributed by atoms with Gasteiger partial charge in [-0.3, -0.25) is 0 Å². The minimum Gasteiger partial charge on any atom is -0.398 e. The lowest BCUT2D eigenvalue weighted by molar-refractivity contribution is 0.115. The van der Waals surface area contributed by atoms with Crippen molar-refractivity contribution >= 4 is 0 Å². The zero-order valence-corrected chi connectivity index (χ0v) is 11.3. The van der Waals surface area contributed by atoms with Crippen molar-refractivity contribution in [2.24, 2.45) is 11.6 Å². The Balaban J connectivity index is -0.000000318. The maximum atomic E-state index is 9.36. The fraction of sp³-hybridized carbons (Fsp3) is 0.818. The van der Waals surface area contributed by atoms with Gasteiger partial charge in [0.05, 0.1) is 11.3 Å². The number of nitrogens with two attached hydrogens (primary N) is 2. The molecule has 0 spiro atoms. The molecule has 0 aliphatic carbocycles. The third-order valence-corrected chi connectivity index (χ3v) is 1.38. The molecule has 4 heteroatoms. The number of nitrogens with zero attached hydrogens (tertiary/aromatic N) is 1. The first-order valence-corrected chi connectivity index (χ1v) is 5.59. The van der Waals surface area contributed by atoms with E-state index in [0.29, 0.717) is 12.2 Å². The minimum absolute atomic E-state index is 0.363. The van der Waals surface area contributed by atoms with E-state index in [-0.39, 0.29) is 0 Å². The highest BCUT2D eigenvalue weighted by atomic mass is 16.3. The predicted octanol–water partition coefficient (Wildman–Crippen LogP) is 1.81. The Bertz CT molecular complexity index is 150. The van der Waals surface area contributed by atoms with Gasteiger partial charge in [0.15, 0.2) is 0 Å². The SMILES string of the molecule is CC.CC.CCN(N)/C=C(\N)C(C)(C)O. The summed E-state index contributed by atoms with van der Waals surface area (Å²) in [6, 6.07) is 0. The summed E-state index contributed by atoms with van der Waals surface area (Å²) in [6.45, 7) is 13.8. The zero-order chi connectivity index (χ0) is 13.1. The van der Waals surface area contributed by atoms with Crippen LogP contribution < -0.4 is 11.6 Å². The Hall–Kier alpha value is -0.740. The van der Waals surface area contributed by atoms with Crippen LogP contribution in [0.25, 0.3) is 0 Å². The van der Waals surface area contributed by atoms with Crippen LogP contribution in [-0.2, 0) is 0 Å². The molecule has 94 valence electrons. The van der Waals surface area contributed by atoms with Crippen LogP contribution in [0.3, 0.4) is 0 Å². The van der Waals surface area contributed by atoms with Crippen LogP contribution in [-0.4, -0.2) is 22.3 Å². The summed E-state index contributed by atoms with van der Waals surface area (Å²) in [5.74, 6) is 5.44. The van der Waals surface area contributed by atoms with Crippen molar-refractivity contribution in [1.82, 2.24) is 5.01 Å². The van der Waals surface area contributed by atoms with Crippen LogP contribution in [0.15, 0.2) is 11.9 Å². The summed E-state index contributed by atoms with van der Waals surface area (Å²) in [5.41, 5.74) is 4.89. The van der Waals surface area contributed by atoms with E-state index in [2.05, 4.69) is 0 Å². The summed E-state index contributed by atoms with van der Waals surface area (Å²) < 4.78 is 0. The number of hydrogen-bond donors (Lipinski definition) is 3. The molecule has 0 saturated carbocycles. The first-order chi connectivity index (χ1) is 6.88. The van der Waals surface area contributed by atoms with Gasteiger partial charge in [-0.2, -0.15) is 0 Å². The second kappa shape index (κ2) is 11.3. The highest BCUT2D eigenvalue weighted by Crippen LogP contribution is 2.08. The molecule has 0 aromatic heterocycles. The molecule has 0 aromatic carbocycles. The third kappa shape index (κ3) is 13.3. The molecule has 0 rings (SSSR count). The molecule has 15 heavy (non-hydrogen) atoms. The summed E-state index contributed by atoms with van der Waals surface area (Å²) in [7, 11) is 0. The van der Waals surface area contributed by atoms with E-state index in [0.717, 1.165) is 0 Å². The van der Waals surface area contributed by atoms with Gasteiger partial charge < -0.3 is 15.8 Å². The smallest absolute Gasteiger partial charge is 0.0997 e. The van der Waals surface area contributed by atoms with Gasteiger partial charge in [-0.05, 0) is 20.8 Å². The number of hydrogen-bond acceptors (Lipinski definition) is 4. The molecule has 0 radical (unpaired) electrons. The van der Waals surface area contributed by atoms with Gasteiger partial charge in [-0.1, -0.05) is 27.7 Å². The highest BCUT2D eigenvalue weighted by Gasteiger charge is 2.16. The van der Waals surface area contributed by atoms with E-state index in [9.17, 15) is 5.11 Å². The lowest BCUT2D eigenvalue weighted by Gasteiger charge is -2.20. The molecule has 0 aromatic rings. The van der Waals surface area contributed by atoms with Crippen LogP contribution >= 0.6 is 0 Å². The second-order valence-electron chi connectivity index (χ2n) is 2.97. The molecule has 0 atom stereocenters. The molecule has 0 saturated heterocycles. The lowest BCUT2D eigenvalue weighted by Crippen LogP contribution is -2.33. The normalized spacial score (nSPS) is 10.6. The van der Waals surface area contributed by atoms with Gasteiger partial charge >= 0.3 is 0 Å². The first kappa shape index (κ1) is 19.8. The Morgan fingerprint density at radius 2 is 1.60 bits per heavy atom. The van der Waals surface area contributed by atoms with Gasteiger partial charge in [0.1, 0.15) is 0 Å². The van der Waals surface area contributed by atoms with Gasteiger partial charge in [-0.25, -0.2) is 5.84 Å². The maximum absolute atomic E-state index is 9.36. The van der Waals surface area contributed by atoms with E-state index < -0.39 is 5.60 Å². The van der Waals surface area contributed by atoms with Crippen molar-refractivity contribution in [3.05, 3.63) is 11.9 Å². The van der Waals surface area contributed by atoms with Crippen molar-refractivity contribution in [2.45, 2.75) is 54.1 Å². The first-order valence-electron chi connectivity index (χ1n) is 5.59. The quantitative estimate of drug-likeness (QED) is 0.500. The topological polar surface area (TPSA) is 75.5 Å². The number of rotatable bonds is 3. The summed E-state index contributed by atoms with van der Waals surface area (Å²) in [4.78, 5) is 0. The summed E-state index contributed by atoms with van der Waals surface area (Å²) in [5, 5.41) is 10.8. The molecule has 5 N–H and O–H groups in total. The zero-order valence-electron chi connectivity index (χ0n) is 11.3. The van der Waals surface area contributed by atoms with Gasteiger partial charge in [0.2, 0.25) is 0 Å². The maximum Gasteiger partial charge on any atom is 0.0997 e. The molecule has 0 fully saturated rings. The molecule has 0 amide bonds. The average molecular weight is 219 g/mol. The van der Waals surface area contributed by atoms with Gasteiger partial charge in [0.25, 0.3) is 0 Å². The van der Waals surface area contributed by atoms with E-state index in [1.165, 1.54) is 11.2 Å². The van der Waals surface area contributed by atoms with E-state index in [1.807, 2.05) is 34.6 Å². The van der Waals surface area contributed by atoms with E-state index in [4.69, 9.17) is 11.6 Å². The second-order valence-corrected chi connectivity index (χ2v) is 2.97. The van der Waals surface area contributed by atoms with Crippen molar-refractivity contribution in [2.75, 3.05) is 6.54 Å². The Kier molecular flexibility index (Phi) is 14.9. The Labute approximate surface area is 94.9 Å². The Morgan fingerprint density at radius 3 is 1.80 bits per heavy atom. The van der Waals surface area contributed by atoms with Crippen molar-refractivity contribution in [3.63, 3.8) is 0 Å². The predicted molar refractivity (Wildman–Crippen MR) is 67.8 cm³/mol. The fourth-order valence-electron chi connectivity index (χ4n) is 0.428. The average Bonchev–Trinajstić information content (AvgIpc) is 2.22. The van der Waals surface area contributed by atoms with Crippen LogP contribution in [0.5, 0.6) is 0 Å². The lowest BCUT2D eigenvalue weighted by atomic mass is 10.1. The molecule has 0 aliphatic heterocycles. The van der Waals surface area contributed by atoms with Gasteiger partial charge in [0, 0.05) is 12.7 Å². The molecular weight excluding hydrogens is 190 g/mol. The molecule has 0 heterocycles. The molecule has 0 unspecified atom stereocenters. The highest BCUT2D eigenvalue weighted by molar-refractivity contribution is 5.07. The van der Waals surface area contributed by atoms with E-state index >= 15 is 0 Å². The summed E-state index contributed by atoms with van der Waals surface area (Å²) in [6.07, 6.45) is 1.53. The summed E-state index contributed by atoms with van der Waals surface area (Å²) >= 11 is 0. The van der Waals surface area contributed by atoms with Crippen LogP contribution in [0.1, 0.15) is 48.5 Å². The third-order valence-electron chi connectivity index (χ3n) is 1.38. The van der Waals surface area contributed by atoms with Crippen LogP contribution in [0.2, 0.25) is 0 Å². The number of hydrazine groups is 1. The largest absolute Gasteiger partial charge is 0.398 e. The van der Waals surface area contributed by atoms with Crippen LogP contribution in [0, 0.1) is 0 Å². The van der Waals surface area contributed by atoms with Gasteiger partial charge in [-0.15, -0.1) is 0 Å². The fourth-order valence-corrected chi connectivity index (χ4v) is 0.428. The van der Waals surface area contributed by atoms with Crippen LogP contribution in [0.4, 0.5) is 0 Å².